The molecule has 1 aliphatic heterocycles. The van der Waals surface area contributed by atoms with E-state index in [-0.39, 0.29) is 0 Å². The van der Waals surface area contributed by atoms with Crippen LogP contribution in [0.4, 0.5) is 0 Å². The average molecular weight is 318 g/mol. The monoisotopic (exact) mass is 318 g/mol. The first-order valence-corrected chi connectivity index (χ1v) is 8.55. The maximum atomic E-state index is 9.08. The molecular weight excluding hydrogens is 308 g/mol. The molecule has 0 atom stereocenters. The Balaban J connectivity index is 2.09. The normalized spacial score (nSPS) is 15.3. The van der Waals surface area contributed by atoms with E-state index >= 15 is 0 Å². The molecule has 2 nitrogen and oxygen atoms in total. The number of fused-ring (bicyclic) bond motifs is 2. The molecule has 0 aromatic heterocycles. The van der Waals surface area contributed by atoms with Crippen molar-refractivity contribution in [3.63, 3.8) is 0 Å². The number of nitrogens with zero attached hydrogens (tertiary/aromatic N) is 2. The highest BCUT2D eigenvalue weighted by atomic mass is 32.2. The van der Waals surface area contributed by atoms with Gasteiger partial charge in [-0.05, 0) is 21.9 Å². The van der Waals surface area contributed by atoms with Gasteiger partial charge in [0, 0.05) is 16.7 Å². The summed E-state index contributed by atoms with van der Waals surface area (Å²) in [6.45, 7) is 0. The van der Waals surface area contributed by atoms with Crippen molar-refractivity contribution >= 4 is 34.8 Å². The van der Waals surface area contributed by atoms with Crippen LogP contribution in [0.2, 0.25) is 0 Å². The summed E-state index contributed by atoms with van der Waals surface area (Å²) in [4.78, 5) is 4.10. The zero-order valence-corrected chi connectivity index (χ0v) is 13.1. The minimum absolute atomic E-state index is 0.763. The van der Waals surface area contributed by atoms with E-state index in [9.17, 15) is 0 Å². The van der Waals surface area contributed by atoms with Crippen LogP contribution in [0.1, 0.15) is 22.3 Å². The van der Waals surface area contributed by atoms with Crippen LogP contribution in [0.25, 0.3) is 5.57 Å². The molecule has 0 amide bonds. The predicted molar refractivity (Wildman–Crippen MR) is 94.5 cm³/mol. The van der Waals surface area contributed by atoms with Crippen LogP contribution in [0, 0.1) is 11.5 Å². The molecule has 104 valence electrons. The predicted octanol–water partition coefficient (Wildman–Crippen LogP) is 4.99. The summed E-state index contributed by atoms with van der Waals surface area (Å²) in [6.07, 6.45) is 1.95. The van der Waals surface area contributed by atoms with Crippen LogP contribution in [-0.2, 0) is 0 Å². The van der Waals surface area contributed by atoms with Crippen molar-refractivity contribution in [2.45, 2.75) is 0 Å². The van der Waals surface area contributed by atoms with Crippen LogP contribution in [0.5, 0.6) is 0 Å². The standard InChI is InChI=1S/C18H10N2S2/c19-11-20-17-14-7-3-1-5-12(14)16(18-21-9-10-22-18)13-6-2-4-8-15(13)17/h1-10H. The van der Waals surface area contributed by atoms with Gasteiger partial charge in [0.2, 0.25) is 6.19 Å². The maximum Gasteiger partial charge on any atom is 0.206 e. The fourth-order valence-corrected chi connectivity index (χ4v) is 4.74. The molecule has 0 unspecified atom stereocenters. The Morgan fingerprint density at radius 1 is 0.773 bits per heavy atom. The average Bonchev–Trinajstić information content (AvgIpc) is 3.09. The van der Waals surface area contributed by atoms with E-state index in [1.165, 1.54) is 9.81 Å². The Morgan fingerprint density at radius 2 is 1.27 bits per heavy atom. The second kappa shape index (κ2) is 5.53. The quantitative estimate of drug-likeness (QED) is 0.548. The van der Waals surface area contributed by atoms with Gasteiger partial charge in [0.1, 0.15) is 0 Å². The minimum atomic E-state index is 0.763. The summed E-state index contributed by atoms with van der Waals surface area (Å²) >= 11 is 3.50. The highest BCUT2D eigenvalue weighted by molar-refractivity contribution is 8.27. The lowest BCUT2D eigenvalue weighted by molar-refractivity contribution is 1.39. The molecule has 1 heterocycles. The first-order chi connectivity index (χ1) is 10.9. The fourth-order valence-electron chi connectivity index (χ4n) is 2.82. The van der Waals surface area contributed by atoms with Crippen LogP contribution >= 0.6 is 23.5 Å². The van der Waals surface area contributed by atoms with Crippen molar-refractivity contribution in [3.05, 3.63) is 85.8 Å². The first-order valence-electron chi connectivity index (χ1n) is 6.79. The van der Waals surface area contributed by atoms with E-state index in [0.717, 1.165) is 28.0 Å². The van der Waals surface area contributed by atoms with Crippen LogP contribution in [0.3, 0.4) is 0 Å². The lowest BCUT2D eigenvalue weighted by Gasteiger charge is -2.24. The highest BCUT2D eigenvalue weighted by Crippen LogP contribution is 2.48. The summed E-state index contributed by atoms with van der Waals surface area (Å²) in [5.74, 6) is 0. The molecule has 0 radical (unpaired) electrons. The molecule has 2 aliphatic rings. The molecule has 0 fully saturated rings. The number of thioether (sulfide) groups is 2. The lowest BCUT2D eigenvalue weighted by atomic mass is 9.81. The molecule has 2 aromatic carbocycles. The zero-order valence-electron chi connectivity index (χ0n) is 11.5. The second-order valence-corrected chi connectivity index (χ2v) is 6.91. The van der Waals surface area contributed by atoms with Crippen molar-refractivity contribution in [1.29, 1.82) is 5.26 Å². The summed E-state index contributed by atoms with van der Waals surface area (Å²) in [7, 11) is 0. The largest absolute Gasteiger partial charge is 0.206 e. The van der Waals surface area contributed by atoms with Gasteiger partial charge in [0.05, 0.1) is 9.95 Å². The number of rotatable bonds is 0. The Labute approximate surface area is 137 Å². The summed E-state index contributed by atoms with van der Waals surface area (Å²) in [6, 6.07) is 16.4. The van der Waals surface area contributed by atoms with Gasteiger partial charge in [0.25, 0.3) is 0 Å². The molecule has 2 aromatic rings. The Hall–Kier alpha value is -2.22. The smallest absolute Gasteiger partial charge is 0.172 e. The van der Waals surface area contributed by atoms with Gasteiger partial charge in [-0.25, -0.2) is 0 Å². The number of nitriles is 1. The highest BCUT2D eigenvalue weighted by Gasteiger charge is 2.28. The third kappa shape index (κ3) is 2.02. The fraction of sp³-hybridized carbons (Fsp3) is 0. The molecule has 4 rings (SSSR count). The van der Waals surface area contributed by atoms with Crippen LogP contribution < -0.4 is 0 Å². The van der Waals surface area contributed by atoms with Crippen molar-refractivity contribution in [2.75, 3.05) is 0 Å². The van der Waals surface area contributed by atoms with Gasteiger partial charge < -0.3 is 0 Å². The number of hydrogen-bond donors (Lipinski definition) is 0. The third-order valence-electron chi connectivity index (χ3n) is 3.67. The van der Waals surface area contributed by atoms with Crippen molar-refractivity contribution in [3.8, 4) is 6.19 Å². The third-order valence-corrected chi connectivity index (χ3v) is 5.81. The van der Waals surface area contributed by atoms with E-state index in [1.54, 1.807) is 23.5 Å². The van der Waals surface area contributed by atoms with Crippen molar-refractivity contribution in [1.82, 2.24) is 0 Å². The van der Waals surface area contributed by atoms with E-state index in [4.69, 9.17) is 5.26 Å². The summed E-state index contributed by atoms with van der Waals surface area (Å²) < 4.78 is 1.27. The summed E-state index contributed by atoms with van der Waals surface area (Å²) in [5.41, 5.74) is 6.35. The number of benzene rings is 2. The maximum absolute atomic E-state index is 9.08. The molecule has 0 N–H and O–H groups in total. The molecule has 0 spiro atoms. The Morgan fingerprint density at radius 3 is 1.77 bits per heavy atom. The van der Waals surface area contributed by atoms with Crippen molar-refractivity contribution in [2.24, 2.45) is 4.99 Å². The Bertz CT molecular complexity index is 840. The molecule has 22 heavy (non-hydrogen) atoms. The SMILES string of the molecule is N#CN=C1c2ccccc2C(=C2SC=CS2)c2ccccc21. The summed E-state index contributed by atoms with van der Waals surface area (Å²) in [5, 5.41) is 13.3. The molecule has 0 bridgehead atoms. The van der Waals surface area contributed by atoms with E-state index in [1.807, 2.05) is 42.6 Å². The number of hydrogen-bond acceptors (Lipinski definition) is 4. The topological polar surface area (TPSA) is 36.1 Å². The molecule has 4 heteroatoms. The van der Waals surface area contributed by atoms with E-state index < -0.39 is 0 Å². The molecule has 0 saturated heterocycles. The number of aliphatic imine (C=N–C) groups is 1. The van der Waals surface area contributed by atoms with Gasteiger partial charge >= 0.3 is 0 Å². The van der Waals surface area contributed by atoms with Crippen molar-refractivity contribution < 1.29 is 0 Å². The first kappa shape index (κ1) is 13.4. The molecule has 0 saturated carbocycles. The van der Waals surface area contributed by atoms with Gasteiger partial charge in [-0.15, -0.1) is 0 Å². The van der Waals surface area contributed by atoms with Gasteiger partial charge in [-0.3, -0.25) is 0 Å². The zero-order chi connectivity index (χ0) is 14.9. The molecular formula is C18H10N2S2. The molecule has 1 aliphatic carbocycles. The van der Waals surface area contributed by atoms with Crippen LogP contribution in [-0.4, -0.2) is 5.71 Å². The minimum Gasteiger partial charge on any atom is -0.172 e. The van der Waals surface area contributed by atoms with Gasteiger partial charge in [-0.1, -0.05) is 72.1 Å². The Kier molecular flexibility index (Phi) is 3.38. The second-order valence-electron chi connectivity index (χ2n) is 4.82. The van der Waals surface area contributed by atoms with Crippen LogP contribution in [0.15, 0.2) is 68.6 Å². The lowest BCUT2D eigenvalue weighted by Crippen LogP contribution is -2.15. The van der Waals surface area contributed by atoms with Gasteiger partial charge in [-0.2, -0.15) is 10.3 Å². The van der Waals surface area contributed by atoms with E-state index in [2.05, 4.69) is 27.9 Å². The van der Waals surface area contributed by atoms with Gasteiger partial charge in [0.15, 0.2) is 0 Å². The van der Waals surface area contributed by atoms with E-state index in [0.29, 0.717) is 0 Å².